The normalized spacial score (nSPS) is 16.5. The number of hydrogen-bond donors (Lipinski definition) is 0. The predicted molar refractivity (Wildman–Crippen MR) is 93.2 cm³/mol. The average Bonchev–Trinajstić information content (AvgIpc) is 2.87. The monoisotopic (exact) mass is 359 g/mol. The molecule has 0 atom stereocenters. The zero-order chi connectivity index (χ0) is 18.2. The fraction of sp³-hybridized carbons (Fsp3) is 0.316. The molecule has 0 bridgehead atoms. The van der Waals surface area contributed by atoms with E-state index in [2.05, 4.69) is 5.16 Å². The third-order valence-corrected chi connectivity index (χ3v) is 4.38. The Morgan fingerprint density at radius 3 is 2.68 bits per heavy atom. The van der Waals surface area contributed by atoms with Crippen molar-refractivity contribution in [2.75, 3.05) is 0 Å². The van der Waals surface area contributed by atoms with Crippen molar-refractivity contribution in [1.82, 2.24) is 5.16 Å². The second-order valence-electron chi connectivity index (χ2n) is 6.93. The molecule has 0 fully saturated rings. The van der Waals surface area contributed by atoms with E-state index in [0.29, 0.717) is 40.6 Å². The molecule has 1 aromatic carbocycles. The van der Waals surface area contributed by atoms with Gasteiger partial charge in [-0.2, -0.15) is 0 Å². The molecule has 1 heterocycles. The summed E-state index contributed by atoms with van der Waals surface area (Å²) in [5, 5.41) is 4.41. The molecular formula is C19H18ClNO4. The van der Waals surface area contributed by atoms with Crippen molar-refractivity contribution in [3.8, 4) is 11.3 Å². The topological polar surface area (TPSA) is 69.4 Å². The van der Waals surface area contributed by atoms with Crippen LogP contribution < -0.4 is 0 Å². The van der Waals surface area contributed by atoms with Crippen LogP contribution in [-0.4, -0.2) is 16.9 Å². The molecule has 0 saturated carbocycles. The van der Waals surface area contributed by atoms with Gasteiger partial charge < -0.3 is 9.26 Å². The number of ether oxygens (including phenoxy) is 1. The van der Waals surface area contributed by atoms with Crippen LogP contribution in [0.4, 0.5) is 0 Å². The lowest BCUT2D eigenvalue weighted by Crippen LogP contribution is -2.24. The van der Waals surface area contributed by atoms with E-state index < -0.39 is 5.97 Å². The van der Waals surface area contributed by atoms with Gasteiger partial charge in [0.1, 0.15) is 22.8 Å². The van der Waals surface area contributed by atoms with Gasteiger partial charge in [0.2, 0.25) is 0 Å². The van der Waals surface area contributed by atoms with Crippen molar-refractivity contribution >= 4 is 23.4 Å². The minimum atomic E-state index is -0.606. The molecule has 25 heavy (non-hydrogen) atoms. The molecular weight excluding hydrogens is 342 g/mol. The zero-order valence-corrected chi connectivity index (χ0v) is 15.0. The molecule has 6 heteroatoms. The molecule has 1 aliphatic rings. The van der Waals surface area contributed by atoms with Gasteiger partial charge >= 0.3 is 5.97 Å². The molecule has 0 spiro atoms. The van der Waals surface area contributed by atoms with Gasteiger partial charge in [-0.1, -0.05) is 48.8 Å². The maximum absolute atomic E-state index is 12.7. The molecule has 130 valence electrons. The van der Waals surface area contributed by atoms with Crippen molar-refractivity contribution in [2.24, 2.45) is 5.41 Å². The van der Waals surface area contributed by atoms with Crippen molar-refractivity contribution in [1.29, 1.82) is 0 Å². The summed E-state index contributed by atoms with van der Waals surface area (Å²) in [6.45, 7) is 5.56. The molecule has 0 saturated heterocycles. The highest BCUT2D eigenvalue weighted by atomic mass is 35.5. The smallest absolute Gasteiger partial charge is 0.349 e. The van der Waals surface area contributed by atoms with Crippen molar-refractivity contribution in [3.63, 3.8) is 0 Å². The number of carbonyl (C=O) groups excluding carboxylic acids is 2. The van der Waals surface area contributed by atoms with E-state index in [-0.39, 0.29) is 16.8 Å². The standard InChI is InChI=1S/C19H18ClNO4/c1-11-16(17(21-25-11)14-6-4-5-7-15(14)20)18(23)24-13-8-12(22)9-19(2,3)10-13/h4-8H,9-10H2,1-3H3. The summed E-state index contributed by atoms with van der Waals surface area (Å²) in [7, 11) is 0. The number of aryl methyl sites for hydroxylation is 1. The number of esters is 1. The number of aromatic nitrogens is 1. The SMILES string of the molecule is Cc1onc(-c2ccccc2Cl)c1C(=O)OC1=CC(=O)CC(C)(C)C1. The quantitative estimate of drug-likeness (QED) is 0.741. The second kappa shape index (κ2) is 6.48. The van der Waals surface area contributed by atoms with E-state index in [0.717, 1.165) is 0 Å². The number of rotatable bonds is 3. The van der Waals surface area contributed by atoms with Crippen LogP contribution in [0.25, 0.3) is 11.3 Å². The Bertz CT molecular complexity index is 879. The van der Waals surface area contributed by atoms with Crippen molar-refractivity contribution < 1.29 is 18.8 Å². The number of hydrogen-bond acceptors (Lipinski definition) is 5. The van der Waals surface area contributed by atoms with Crippen LogP contribution in [0, 0.1) is 12.3 Å². The summed E-state index contributed by atoms with van der Waals surface area (Å²) < 4.78 is 10.7. The van der Waals surface area contributed by atoms with Crippen LogP contribution in [0.3, 0.4) is 0 Å². The van der Waals surface area contributed by atoms with Crippen LogP contribution in [-0.2, 0) is 9.53 Å². The maximum Gasteiger partial charge on any atom is 0.349 e. The van der Waals surface area contributed by atoms with Crippen LogP contribution in [0.1, 0.15) is 42.8 Å². The third-order valence-electron chi connectivity index (χ3n) is 4.05. The number of carbonyl (C=O) groups is 2. The van der Waals surface area contributed by atoms with Gasteiger partial charge in [-0.25, -0.2) is 4.79 Å². The van der Waals surface area contributed by atoms with Gasteiger partial charge in [-0.15, -0.1) is 0 Å². The number of nitrogens with zero attached hydrogens (tertiary/aromatic N) is 1. The Morgan fingerprint density at radius 1 is 1.28 bits per heavy atom. The molecule has 1 aromatic heterocycles. The van der Waals surface area contributed by atoms with Crippen molar-refractivity contribution in [3.05, 3.63) is 52.4 Å². The van der Waals surface area contributed by atoms with Gasteiger partial charge in [0, 0.05) is 24.5 Å². The number of allylic oxidation sites excluding steroid dienone is 2. The average molecular weight is 360 g/mol. The van der Waals surface area contributed by atoms with Crippen LogP contribution in [0.15, 0.2) is 40.6 Å². The first-order valence-corrected chi connectivity index (χ1v) is 8.31. The Labute approximate surface area is 150 Å². The summed E-state index contributed by atoms with van der Waals surface area (Å²) in [5.41, 5.74) is 0.887. The molecule has 3 rings (SSSR count). The van der Waals surface area contributed by atoms with E-state index in [1.54, 1.807) is 31.2 Å². The molecule has 0 unspecified atom stereocenters. The van der Waals surface area contributed by atoms with Crippen molar-refractivity contribution in [2.45, 2.75) is 33.6 Å². The second-order valence-corrected chi connectivity index (χ2v) is 7.33. The van der Waals surface area contributed by atoms with Gasteiger partial charge in [-0.3, -0.25) is 4.79 Å². The fourth-order valence-electron chi connectivity index (χ4n) is 2.97. The van der Waals surface area contributed by atoms with Gasteiger partial charge in [0.25, 0.3) is 0 Å². The first-order valence-electron chi connectivity index (χ1n) is 7.93. The molecule has 1 aliphatic carbocycles. The van der Waals surface area contributed by atoms with E-state index in [9.17, 15) is 9.59 Å². The summed E-state index contributed by atoms with van der Waals surface area (Å²) >= 11 is 6.20. The largest absolute Gasteiger partial charge is 0.427 e. The number of halogens is 1. The van der Waals surface area contributed by atoms with E-state index in [4.69, 9.17) is 20.9 Å². The highest BCUT2D eigenvalue weighted by Crippen LogP contribution is 2.36. The summed E-state index contributed by atoms with van der Waals surface area (Å²) in [4.78, 5) is 24.5. The maximum atomic E-state index is 12.7. The molecule has 5 nitrogen and oxygen atoms in total. The van der Waals surface area contributed by atoms with Crippen LogP contribution >= 0.6 is 11.6 Å². The molecule has 0 radical (unpaired) electrons. The Kier molecular flexibility index (Phi) is 4.52. The van der Waals surface area contributed by atoms with Gasteiger partial charge in [0.15, 0.2) is 5.78 Å². The lowest BCUT2D eigenvalue weighted by Gasteiger charge is -2.27. The van der Waals surface area contributed by atoms with E-state index in [1.807, 2.05) is 13.8 Å². The molecule has 0 aliphatic heterocycles. The van der Waals surface area contributed by atoms with E-state index in [1.165, 1.54) is 6.08 Å². The lowest BCUT2D eigenvalue weighted by molar-refractivity contribution is -0.117. The van der Waals surface area contributed by atoms with E-state index >= 15 is 0 Å². The summed E-state index contributed by atoms with van der Waals surface area (Å²) in [6, 6.07) is 7.05. The molecule has 0 amide bonds. The predicted octanol–water partition coefficient (Wildman–Crippen LogP) is 4.73. The summed E-state index contributed by atoms with van der Waals surface area (Å²) in [5.74, 6) is 0.0386. The van der Waals surface area contributed by atoms with Crippen LogP contribution in [0.5, 0.6) is 0 Å². The first kappa shape index (κ1) is 17.4. The third kappa shape index (κ3) is 3.66. The lowest BCUT2D eigenvalue weighted by atomic mass is 9.79. The fourth-order valence-corrected chi connectivity index (χ4v) is 3.20. The minimum Gasteiger partial charge on any atom is -0.427 e. The molecule has 2 aromatic rings. The molecule has 0 N–H and O–H groups in total. The van der Waals surface area contributed by atoms with Crippen LogP contribution in [0.2, 0.25) is 5.02 Å². The van der Waals surface area contributed by atoms with Gasteiger partial charge in [0.05, 0.1) is 5.02 Å². The Balaban J connectivity index is 1.93. The minimum absolute atomic E-state index is 0.0487. The number of ketones is 1. The summed E-state index contributed by atoms with van der Waals surface area (Å²) in [6.07, 6.45) is 2.34. The first-order chi connectivity index (χ1) is 11.8. The highest BCUT2D eigenvalue weighted by Gasteiger charge is 2.31. The van der Waals surface area contributed by atoms with Gasteiger partial charge in [-0.05, 0) is 18.4 Å². The highest BCUT2D eigenvalue weighted by molar-refractivity contribution is 6.33. The Hall–Kier alpha value is -2.40. The number of benzene rings is 1. The Morgan fingerprint density at radius 2 is 2.00 bits per heavy atom. The zero-order valence-electron chi connectivity index (χ0n) is 14.3.